The number of nitriles is 1. The number of carbonyl (C=O) groups is 1. The molecule has 10 nitrogen and oxygen atoms in total. The Bertz CT molecular complexity index is 1550. The molecule has 0 radical (unpaired) electrons. The van der Waals surface area contributed by atoms with Crippen molar-refractivity contribution in [2.45, 2.75) is 0 Å². The van der Waals surface area contributed by atoms with E-state index in [9.17, 15) is 9.59 Å². The zero-order valence-corrected chi connectivity index (χ0v) is 16.0. The maximum atomic E-state index is 12.8. The number of H-pyrrole nitrogens is 1. The molecule has 2 N–H and O–H groups in total. The molecule has 4 aromatic heterocycles. The van der Waals surface area contributed by atoms with Gasteiger partial charge in [0.2, 0.25) is 0 Å². The lowest BCUT2D eigenvalue weighted by Gasteiger charge is -2.10. The molecule has 150 valence electrons. The van der Waals surface area contributed by atoms with Gasteiger partial charge in [0.05, 0.1) is 29.7 Å². The van der Waals surface area contributed by atoms with Crippen LogP contribution in [0.15, 0.2) is 65.8 Å². The smallest absolute Gasteiger partial charge is 0.332 e. The number of rotatable bonds is 4. The molecule has 0 bridgehead atoms. The second-order valence-corrected chi connectivity index (χ2v) is 6.63. The van der Waals surface area contributed by atoms with Crippen molar-refractivity contribution in [3.63, 3.8) is 0 Å². The van der Waals surface area contributed by atoms with E-state index in [1.807, 2.05) is 34.9 Å². The summed E-state index contributed by atoms with van der Waals surface area (Å²) in [5.41, 5.74) is 2.29. The number of nitrogens with one attached hydrogen (secondary N) is 2. The van der Waals surface area contributed by atoms with Gasteiger partial charge in [-0.1, -0.05) is 18.2 Å². The Morgan fingerprint density at radius 3 is 2.84 bits per heavy atom. The van der Waals surface area contributed by atoms with Crippen LogP contribution < -0.4 is 11.0 Å². The minimum Gasteiger partial charge on any atom is -0.339 e. The van der Waals surface area contributed by atoms with Crippen LogP contribution in [-0.2, 0) is 0 Å². The highest BCUT2D eigenvalue weighted by molar-refractivity contribution is 5.98. The van der Waals surface area contributed by atoms with E-state index in [1.165, 1.54) is 10.8 Å². The molecule has 0 saturated heterocycles. The van der Waals surface area contributed by atoms with E-state index >= 15 is 0 Å². The number of para-hydroxylation sites is 1. The first kappa shape index (κ1) is 18.3. The fourth-order valence-electron chi connectivity index (χ4n) is 3.42. The van der Waals surface area contributed by atoms with Gasteiger partial charge in [0.25, 0.3) is 5.91 Å². The molecule has 1 aromatic carbocycles. The number of imidazole rings is 2. The van der Waals surface area contributed by atoms with E-state index in [0.717, 1.165) is 5.65 Å². The molecule has 0 aliphatic carbocycles. The summed E-state index contributed by atoms with van der Waals surface area (Å²) >= 11 is 0. The monoisotopic (exact) mass is 410 g/mol. The van der Waals surface area contributed by atoms with E-state index in [1.54, 1.807) is 30.5 Å². The van der Waals surface area contributed by atoms with E-state index in [0.29, 0.717) is 28.4 Å². The zero-order valence-electron chi connectivity index (χ0n) is 16.0. The molecular weight excluding hydrogens is 396 g/mol. The van der Waals surface area contributed by atoms with E-state index < -0.39 is 11.6 Å². The molecule has 0 spiro atoms. The summed E-state index contributed by atoms with van der Waals surface area (Å²) in [5, 5.41) is 11.3. The summed E-state index contributed by atoms with van der Waals surface area (Å²) in [6.45, 7) is -0.142. The Labute approximate surface area is 174 Å². The number of nitrogens with zero attached hydrogens (tertiary/aromatic N) is 6. The third-order valence-corrected chi connectivity index (χ3v) is 4.79. The highest BCUT2D eigenvalue weighted by atomic mass is 16.2. The van der Waals surface area contributed by atoms with Gasteiger partial charge in [-0.05, 0) is 24.3 Å². The van der Waals surface area contributed by atoms with Crippen LogP contribution in [-0.4, -0.2) is 41.4 Å². The number of aromatic amines is 1. The molecule has 0 aliphatic heterocycles. The predicted octanol–water partition coefficient (Wildman–Crippen LogP) is 1.68. The first-order valence-corrected chi connectivity index (χ1v) is 9.32. The van der Waals surface area contributed by atoms with Gasteiger partial charge in [0.1, 0.15) is 23.4 Å². The lowest BCUT2D eigenvalue weighted by molar-refractivity contribution is 0.0958. The summed E-state index contributed by atoms with van der Waals surface area (Å²) in [4.78, 5) is 41.4. The van der Waals surface area contributed by atoms with Crippen LogP contribution in [0.5, 0.6) is 0 Å². The van der Waals surface area contributed by atoms with E-state index in [-0.39, 0.29) is 12.1 Å². The number of benzene rings is 1. The van der Waals surface area contributed by atoms with Crippen molar-refractivity contribution in [3.8, 4) is 23.3 Å². The van der Waals surface area contributed by atoms with Crippen LogP contribution in [0.3, 0.4) is 0 Å². The fraction of sp³-hybridized carbons (Fsp3) is 0.0476. The number of hydrogen-bond donors (Lipinski definition) is 2. The topological polar surface area (TPSA) is 134 Å². The summed E-state index contributed by atoms with van der Waals surface area (Å²) in [5.74, 6) is -0.0835. The number of fused-ring (bicyclic) bond motifs is 2. The lowest BCUT2D eigenvalue weighted by atomic mass is 10.1. The zero-order chi connectivity index (χ0) is 21.4. The van der Waals surface area contributed by atoms with Crippen molar-refractivity contribution in [2.24, 2.45) is 0 Å². The minimum absolute atomic E-state index is 0.142. The first-order chi connectivity index (χ1) is 15.2. The van der Waals surface area contributed by atoms with E-state index in [2.05, 4.69) is 25.3 Å². The summed E-state index contributed by atoms with van der Waals surface area (Å²) in [6.07, 6.45) is 5.04. The Morgan fingerprint density at radius 2 is 1.97 bits per heavy atom. The predicted molar refractivity (Wildman–Crippen MR) is 112 cm³/mol. The number of amides is 1. The highest BCUT2D eigenvalue weighted by Gasteiger charge is 2.19. The van der Waals surface area contributed by atoms with Crippen molar-refractivity contribution in [3.05, 3.63) is 77.1 Å². The SMILES string of the molecule is N#CCNC(=O)c1ccccc1-n1c(=O)[nH]c2cnc(-c3cnc4ccccn34)nc21. The van der Waals surface area contributed by atoms with Crippen molar-refractivity contribution in [1.29, 1.82) is 5.26 Å². The minimum atomic E-state index is -0.463. The normalized spacial score (nSPS) is 10.9. The summed E-state index contributed by atoms with van der Waals surface area (Å²) < 4.78 is 3.17. The second kappa shape index (κ2) is 7.23. The second-order valence-electron chi connectivity index (χ2n) is 6.63. The van der Waals surface area contributed by atoms with Gasteiger partial charge in [0.15, 0.2) is 11.5 Å². The van der Waals surface area contributed by atoms with Gasteiger partial charge in [-0.25, -0.2) is 24.3 Å². The van der Waals surface area contributed by atoms with Crippen molar-refractivity contribution in [2.75, 3.05) is 6.54 Å². The van der Waals surface area contributed by atoms with Crippen molar-refractivity contribution >= 4 is 22.7 Å². The van der Waals surface area contributed by atoms with Gasteiger partial charge in [-0.2, -0.15) is 5.26 Å². The molecule has 4 heterocycles. The Balaban J connectivity index is 1.70. The first-order valence-electron chi connectivity index (χ1n) is 9.32. The molecule has 0 saturated carbocycles. The molecule has 0 atom stereocenters. The fourth-order valence-corrected chi connectivity index (χ4v) is 3.42. The van der Waals surface area contributed by atoms with Crippen LogP contribution in [0.2, 0.25) is 0 Å². The molecular formula is C21H14N8O2. The summed E-state index contributed by atoms with van der Waals surface area (Å²) in [6, 6.07) is 14.1. The van der Waals surface area contributed by atoms with Gasteiger partial charge in [-0.3, -0.25) is 9.20 Å². The molecule has 31 heavy (non-hydrogen) atoms. The molecule has 0 unspecified atom stereocenters. The average Bonchev–Trinajstić information content (AvgIpc) is 3.37. The molecule has 5 rings (SSSR count). The molecule has 1 amide bonds. The van der Waals surface area contributed by atoms with Crippen LogP contribution in [0.25, 0.3) is 34.0 Å². The number of carbonyl (C=O) groups excluding carboxylic acids is 1. The third-order valence-electron chi connectivity index (χ3n) is 4.79. The number of pyridine rings is 1. The van der Waals surface area contributed by atoms with Gasteiger partial charge in [-0.15, -0.1) is 0 Å². The molecule has 10 heteroatoms. The quantitative estimate of drug-likeness (QED) is 0.433. The number of hydrogen-bond acceptors (Lipinski definition) is 6. The van der Waals surface area contributed by atoms with Gasteiger partial charge in [0, 0.05) is 6.20 Å². The molecule has 0 fully saturated rings. The lowest BCUT2D eigenvalue weighted by Crippen LogP contribution is -2.26. The van der Waals surface area contributed by atoms with Crippen LogP contribution in [0.4, 0.5) is 0 Å². The standard InChI is InChI=1S/C21H14N8O2/c22-8-9-23-20(30)13-5-1-2-6-15(13)29-19-14(26-21(29)31)11-25-18(27-19)16-12-24-17-7-3-4-10-28(16)17/h1-7,10-12H,9H2,(H,23,30)(H,26,31). The summed E-state index contributed by atoms with van der Waals surface area (Å²) in [7, 11) is 0. The van der Waals surface area contributed by atoms with Crippen molar-refractivity contribution in [1.82, 2.24) is 34.2 Å². The molecule has 5 aromatic rings. The maximum absolute atomic E-state index is 12.8. The average molecular weight is 410 g/mol. The van der Waals surface area contributed by atoms with Crippen LogP contribution >= 0.6 is 0 Å². The molecule has 0 aliphatic rings. The van der Waals surface area contributed by atoms with Gasteiger partial charge >= 0.3 is 5.69 Å². The third kappa shape index (κ3) is 3.01. The largest absolute Gasteiger partial charge is 0.339 e. The highest BCUT2D eigenvalue weighted by Crippen LogP contribution is 2.21. The Kier molecular flexibility index (Phi) is 4.26. The van der Waals surface area contributed by atoms with Crippen LogP contribution in [0, 0.1) is 11.3 Å². The van der Waals surface area contributed by atoms with Gasteiger partial charge < -0.3 is 10.3 Å². The Hall–Kier alpha value is -4.78. The maximum Gasteiger partial charge on any atom is 0.332 e. The van der Waals surface area contributed by atoms with Crippen molar-refractivity contribution < 1.29 is 4.79 Å². The van der Waals surface area contributed by atoms with Crippen LogP contribution in [0.1, 0.15) is 10.4 Å². The Morgan fingerprint density at radius 1 is 1.13 bits per heavy atom. The van der Waals surface area contributed by atoms with E-state index in [4.69, 9.17) is 5.26 Å². The number of aromatic nitrogens is 6.